The smallest absolute Gasteiger partial charge is 0.241 e. The molecule has 0 spiro atoms. The summed E-state index contributed by atoms with van der Waals surface area (Å²) >= 11 is 0. The largest absolute Gasteiger partial charge is 0.376 e. The summed E-state index contributed by atoms with van der Waals surface area (Å²) in [6.45, 7) is 3.45. The Bertz CT molecular complexity index is 399. The summed E-state index contributed by atoms with van der Waals surface area (Å²) in [5.74, 6) is -0.172. The van der Waals surface area contributed by atoms with E-state index in [1.54, 1.807) is 10.9 Å². The molecule has 0 aromatic carbocycles. The summed E-state index contributed by atoms with van der Waals surface area (Å²) in [6.07, 6.45) is 6.49. The van der Waals surface area contributed by atoms with Crippen LogP contribution in [-0.2, 0) is 16.1 Å². The number of nitrogens with two attached hydrogens (primary N) is 1. The van der Waals surface area contributed by atoms with Gasteiger partial charge in [-0.2, -0.15) is 5.10 Å². The molecule has 2 rings (SSSR count). The molecule has 1 amide bonds. The Morgan fingerprint density at radius 3 is 3.28 bits per heavy atom. The maximum Gasteiger partial charge on any atom is 0.241 e. The van der Waals surface area contributed by atoms with Crippen molar-refractivity contribution in [2.75, 3.05) is 11.9 Å². The molecule has 1 aliphatic rings. The number of aromatic nitrogens is 2. The molecule has 1 aromatic heterocycles. The molecule has 0 bridgehead atoms. The fourth-order valence-electron chi connectivity index (χ4n) is 1.95. The number of hydrogen-bond acceptors (Lipinski definition) is 4. The normalized spacial score (nSPS) is 20.9. The molecule has 2 atom stereocenters. The number of hydrogen-bond donors (Lipinski definition) is 2. The fraction of sp³-hybridized carbons (Fsp3) is 0.667. The summed E-state index contributed by atoms with van der Waals surface area (Å²) in [4.78, 5) is 11.6. The van der Waals surface area contributed by atoms with Crippen molar-refractivity contribution in [1.82, 2.24) is 9.78 Å². The van der Waals surface area contributed by atoms with Gasteiger partial charge < -0.3 is 15.8 Å². The molecule has 0 saturated carbocycles. The van der Waals surface area contributed by atoms with Gasteiger partial charge in [-0.1, -0.05) is 6.92 Å². The number of nitrogens with one attached hydrogen (secondary N) is 1. The van der Waals surface area contributed by atoms with Crippen molar-refractivity contribution in [3.05, 3.63) is 12.4 Å². The molecule has 0 radical (unpaired) electrons. The van der Waals surface area contributed by atoms with Crippen molar-refractivity contribution in [2.24, 2.45) is 5.73 Å². The van der Waals surface area contributed by atoms with Crippen LogP contribution in [0.3, 0.4) is 0 Å². The minimum atomic E-state index is -0.466. The first-order valence-corrected chi connectivity index (χ1v) is 6.39. The second kappa shape index (κ2) is 5.97. The molecule has 6 heteroatoms. The van der Waals surface area contributed by atoms with Crippen molar-refractivity contribution in [2.45, 2.75) is 44.9 Å². The van der Waals surface area contributed by atoms with Crippen LogP contribution in [0, 0.1) is 0 Å². The first-order chi connectivity index (χ1) is 8.69. The van der Waals surface area contributed by atoms with Gasteiger partial charge in [0.2, 0.25) is 5.91 Å². The summed E-state index contributed by atoms with van der Waals surface area (Å²) in [6, 6.07) is -0.466. The minimum Gasteiger partial charge on any atom is -0.376 e. The first kappa shape index (κ1) is 13.0. The third-order valence-corrected chi connectivity index (χ3v) is 3.09. The summed E-state index contributed by atoms with van der Waals surface area (Å²) in [5.41, 5.74) is 6.33. The summed E-state index contributed by atoms with van der Waals surface area (Å²) < 4.78 is 7.33. The van der Waals surface area contributed by atoms with E-state index in [1.807, 2.05) is 13.1 Å². The molecule has 18 heavy (non-hydrogen) atoms. The fourth-order valence-corrected chi connectivity index (χ4v) is 1.95. The number of rotatable bonds is 5. The van der Waals surface area contributed by atoms with Gasteiger partial charge in [0.15, 0.2) is 0 Å². The van der Waals surface area contributed by atoms with E-state index in [-0.39, 0.29) is 12.0 Å². The van der Waals surface area contributed by atoms with Crippen molar-refractivity contribution < 1.29 is 9.53 Å². The molecule has 0 aliphatic carbocycles. The highest BCUT2D eigenvalue weighted by Gasteiger charge is 2.17. The van der Waals surface area contributed by atoms with Gasteiger partial charge in [0, 0.05) is 12.8 Å². The minimum absolute atomic E-state index is 0.172. The van der Waals surface area contributed by atoms with Crippen LogP contribution >= 0.6 is 0 Å². The van der Waals surface area contributed by atoms with Crippen LogP contribution in [0.4, 0.5) is 5.69 Å². The van der Waals surface area contributed by atoms with Crippen LogP contribution in [0.2, 0.25) is 0 Å². The van der Waals surface area contributed by atoms with E-state index >= 15 is 0 Å². The Hall–Kier alpha value is -1.40. The van der Waals surface area contributed by atoms with Crippen LogP contribution in [-0.4, -0.2) is 34.4 Å². The van der Waals surface area contributed by atoms with E-state index in [1.165, 1.54) is 0 Å². The van der Waals surface area contributed by atoms with Crippen molar-refractivity contribution in [3.8, 4) is 0 Å². The first-order valence-electron chi connectivity index (χ1n) is 6.39. The monoisotopic (exact) mass is 252 g/mol. The Balaban J connectivity index is 1.87. The van der Waals surface area contributed by atoms with Gasteiger partial charge in [-0.25, -0.2) is 0 Å². The molecule has 6 nitrogen and oxygen atoms in total. The third-order valence-electron chi connectivity index (χ3n) is 3.09. The van der Waals surface area contributed by atoms with Gasteiger partial charge in [0.25, 0.3) is 0 Å². The van der Waals surface area contributed by atoms with Gasteiger partial charge in [0.05, 0.1) is 30.6 Å². The van der Waals surface area contributed by atoms with Gasteiger partial charge in [-0.15, -0.1) is 0 Å². The molecule has 2 unspecified atom stereocenters. The predicted molar refractivity (Wildman–Crippen MR) is 68.1 cm³/mol. The number of anilines is 1. The van der Waals surface area contributed by atoms with Crippen molar-refractivity contribution >= 4 is 11.6 Å². The quantitative estimate of drug-likeness (QED) is 0.809. The van der Waals surface area contributed by atoms with E-state index < -0.39 is 6.04 Å². The Morgan fingerprint density at radius 1 is 1.78 bits per heavy atom. The van der Waals surface area contributed by atoms with E-state index in [4.69, 9.17) is 10.5 Å². The highest BCUT2D eigenvalue weighted by Crippen LogP contribution is 2.15. The standard InChI is InChI=1S/C12H20N4O2/c1-2-11(13)12(17)15-9-6-14-16(7-9)8-10-4-3-5-18-10/h6-7,10-11H,2-5,8,13H2,1H3,(H,15,17). The van der Waals surface area contributed by atoms with Crippen LogP contribution in [0.25, 0.3) is 0 Å². The highest BCUT2D eigenvalue weighted by molar-refractivity contribution is 5.94. The SMILES string of the molecule is CCC(N)C(=O)Nc1cnn(CC2CCCO2)c1. The van der Waals surface area contributed by atoms with Gasteiger partial charge in [0.1, 0.15) is 0 Å². The summed E-state index contributed by atoms with van der Waals surface area (Å²) in [7, 11) is 0. The molecule has 3 N–H and O–H groups in total. The second-order valence-electron chi connectivity index (χ2n) is 4.59. The Kier molecular flexibility index (Phi) is 4.33. The molecule has 1 fully saturated rings. The molecular formula is C12H20N4O2. The van der Waals surface area contributed by atoms with Crippen LogP contribution in [0.5, 0.6) is 0 Å². The van der Waals surface area contributed by atoms with Gasteiger partial charge >= 0.3 is 0 Å². The average Bonchev–Trinajstić information content (AvgIpc) is 3.01. The molecular weight excluding hydrogens is 232 g/mol. The lowest BCUT2D eigenvalue weighted by Crippen LogP contribution is -2.34. The lowest BCUT2D eigenvalue weighted by atomic mass is 10.2. The lowest BCUT2D eigenvalue weighted by Gasteiger charge is -2.09. The molecule has 100 valence electrons. The van der Waals surface area contributed by atoms with Crippen LogP contribution in [0.15, 0.2) is 12.4 Å². The van der Waals surface area contributed by atoms with E-state index in [2.05, 4.69) is 10.4 Å². The zero-order chi connectivity index (χ0) is 13.0. The number of carbonyl (C=O) groups is 1. The number of amides is 1. The number of carbonyl (C=O) groups excluding carboxylic acids is 1. The number of ether oxygens (including phenoxy) is 1. The van der Waals surface area contributed by atoms with Gasteiger partial charge in [-0.05, 0) is 19.3 Å². The maximum absolute atomic E-state index is 11.6. The summed E-state index contributed by atoms with van der Waals surface area (Å²) in [5, 5.41) is 6.95. The second-order valence-corrected chi connectivity index (χ2v) is 4.59. The van der Waals surface area contributed by atoms with Crippen molar-refractivity contribution in [3.63, 3.8) is 0 Å². The van der Waals surface area contributed by atoms with Crippen LogP contribution < -0.4 is 11.1 Å². The third kappa shape index (κ3) is 3.30. The Labute approximate surface area is 106 Å². The lowest BCUT2D eigenvalue weighted by molar-refractivity contribution is -0.117. The molecule has 1 aromatic rings. The average molecular weight is 252 g/mol. The molecule has 1 saturated heterocycles. The van der Waals surface area contributed by atoms with Crippen LogP contribution in [0.1, 0.15) is 26.2 Å². The van der Waals surface area contributed by atoms with E-state index in [9.17, 15) is 4.79 Å². The predicted octanol–water partition coefficient (Wildman–Crippen LogP) is 0.738. The number of nitrogens with zero attached hydrogens (tertiary/aromatic N) is 2. The molecule has 2 heterocycles. The zero-order valence-corrected chi connectivity index (χ0v) is 10.6. The Morgan fingerprint density at radius 2 is 2.61 bits per heavy atom. The van der Waals surface area contributed by atoms with E-state index in [0.29, 0.717) is 12.1 Å². The maximum atomic E-state index is 11.6. The van der Waals surface area contributed by atoms with Crippen molar-refractivity contribution in [1.29, 1.82) is 0 Å². The van der Waals surface area contributed by atoms with E-state index in [0.717, 1.165) is 26.0 Å². The van der Waals surface area contributed by atoms with Gasteiger partial charge in [-0.3, -0.25) is 9.48 Å². The topological polar surface area (TPSA) is 82.2 Å². The zero-order valence-electron chi connectivity index (χ0n) is 10.6. The highest BCUT2D eigenvalue weighted by atomic mass is 16.5. The molecule has 1 aliphatic heterocycles.